The summed E-state index contributed by atoms with van der Waals surface area (Å²) in [5.41, 5.74) is 0.202. The van der Waals surface area contributed by atoms with Crippen LogP contribution in [0.1, 0.15) is 10.4 Å². The molecule has 0 atom stereocenters. The van der Waals surface area contributed by atoms with Crippen LogP contribution >= 0.6 is 23.4 Å². The first-order valence-electron chi connectivity index (χ1n) is 5.45. The molecular weight excluding hydrogens is 284 g/mol. The molecule has 3 nitrogen and oxygen atoms in total. The molecule has 1 N–H and O–H groups in total. The fraction of sp³-hybridized carbons (Fsp3) is 0.0714. The topological polar surface area (TPSA) is 46.5 Å². The molecule has 0 aliphatic rings. The Balaban J connectivity index is 2.29. The molecule has 5 heteroatoms. The molecule has 0 unspecified atom stereocenters. The van der Waals surface area contributed by atoms with Crippen LogP contribution in [0.2, 0.25) is 5.02 Å². The fourth-order valence-corrected chi connectivity index (χ4v) is 2.62. The number of hydrogen-bond donors (Lipinski definition) is 1. The highest BCUT2D eigenvalue weighted by molar-refractivity contribution is 7.99. The van der Waals surface area contributed by atoms with Crippen molar-refractivity contribution >= 4 is 29.3 Å². The van der Waals surface area contributed by atoms with Gasteiger partial charge in [-0.05, 0) is 42.5 Å². The molecular formula is C14H11ClO3S. The average molecular weight is 295 g/mol. The van der Waals surface area contributed by atoms with Crippen molar-refractivity contribution in [2.75, 3.05) is 7.11 Å². The highest BCUT2D eigenvalue weighted by Crippen LogP contribution is 2.32. The molecule has 0 saturated carbocycles. The maximum absolute atomic E-state index is 11.2. The second kappa shape index (κ2) is 5.99. The fourth-order valence-electron chi connectivity index (χ4n) is 1.53. The van der Waals surface area contributed by atoms with Gasteiger partial charge >= 0.3 is 5.97 Å². The van der Waals surface area contributed by atoms with E-state index in [-0.39, 0.29) is 5.56 Å². The Bertz CT molecular complexity index is 596. The van der Waals surface area contributed by atoms with E-state index < -0.39 is 5.97 Å². The van der Waals surface area contributed by atoms with Crippen LogP contribution in [-0.4, -0.2) is 18.2 Å². The van der Waals surface area contributed by atoms with Crippen LogP contribution in [0.5, 0.6) is 5.75 Å². The van der Waals surface area contributed by atoms with Gasteiger partial charge in [0.2, 0.25) is 0 Å². The first-order valence-corrected chi connectivity index (χ1v) is 6.64. The Labute approximate surface area is 120 Å². The highest BCUT2D eigenvalue weighted by atomic mass is 35.5. The Morgan fingerprint density at radius 1 is 1.21 bits per heavy atom. The van der Waals surface area contributed by atoms with Gasteiger partial charge in [0.25, 0.3) is 0 Å². The SMILES string of the molecule is COc1ccc(Sc2ccc(Cl)cc2C(=O)O)cc1. The van der Waals surface area contributed by atoms with E-state index in [1.165, 1.54) is 17.8 Å². The Morgan fingerprint density at radius 2 is 1.89 bits per heavy atom. The van der Waals surface area contributed by atoms with Gasteiger partial charge in [-0.1, -0.05) is 23.4 Å². The molecule has 0 fully saturated rings. The molecule has 0 saturated heterocycles. The number of halogens is 1. The van der Waals surface area contributed by atoms with E-state index in [9.17, 15) is 4.79 Å². The van der Waals surface area contributed by atoms with E-state index in [4.69, 9.17) is 21.4 Å². The maximum atomic E-state index is 11.2. The summed E-state index contributed by atoms with van der Waals surface area (Å²) in [4.78, 5) is 12.8. The van der Waals surface area contributed by atoms with Crippen molar-refractivity contribution in [2.24, 2.45) is 0 Å². The zero-order chi connectivity index (χ0) is 13.8. The molecule has 0 bridgehead atoms. The smallest absolute Gasteiger partial charge is 0.336 e. The molecule has 0 heterocycles. The van der Waals surface area contributed by atoms with Gasteiger partial charge in [-0.25, -0.2) is 4.79 Å². The molecule has 0 aromatic heterocycles. The number of hydrogen-bond acceptors (Lipinski definition) is 3. The first kappa shape index (κ1) is 13.8. The summed E-state index contributed by atoms with van der Waals surface area (Å²) in [6.45, 7) is 0. The lowest BCUT2D eigenvalue weighted by molar-refractivity contribution is 0.0693. The lowest BCUT2D eigenvalue weighted by atomic mass is 10.2. The summed E-state index contributed by atoms with van der Waals surface area (Å²) in [5.74, 6) is -0.225. The summed E-state index contributed by atoms with van der Waals surface area (Å²) in [5, 5.41) is 9.57. The van der Waals surface area contributed by atoms with Crippen molar-refractivity contribution in [1.29, 1.82) is 0 Å². The molecule has 0 amide bonds. The number of ether oxygens (including phenoxy) is 1. The van der Waals surface area contributed by atoms with E-state index in [0.29, 0.717) is 9.92 Å². The van der Waals surface area contributed by atoms with E-state index >= 15 is 0 Å². The molecule has 98 valence electrons. The number of carboxylic acids is 1. The quantitative estimate of drug-likeness (QED) is 0.918. The van der Waals surface area contributed by atoms with Gasteiger partial charge in [0.05, 0.1) is 12.7 Å². The monoisotopic (exact) mass is 294 g/mol. The van der Waals surface area contributed by atoms with Crippen molar-refractivity contribution in [3.8, 4) is 5.75 Å². The number of rotatable bonds is 4. The van der Waals surface area contributed by atoms with E-state index in [0.717, 1.165) is 10.6 Å². The van der Waals surface area contributed by atoms with Gasteiger partial charge in [-0.2, -0.15) is 0 Å². The Kier molecular flexibility index (Phi) is 4.35. The minimum Gasteiger partial charge on any atom is -0.497 e. The van der Waals surface area contributed by atoms with E-state index in [1.54, 1.807) is 19.2 Å². The summed E-state index contributed by atoms with van der Waals surface area (Å²) < 4.78 is 5.08. The lowest BCUT2D eigenvalue weighted by Crippen LogP contribution is -1.98. The van der Waals surface area contributed by atoms with Crippen LogP contribution < -0.4 is 4.74 Å². The molecule has 0 aliphatic heterocycles. The normalized spacial score (nSPS) is 10.2. The van der Waals surface area contributed by atoms with Gasteiger partial charge in [0.15, 0.2) is 0 Å². The van der Waals surface area contributed by atoms with Gasteiger partial charge in [0.1, 0.15) is 5.75 Å². The summed E-state index contributed by atoms with van der Waals surface area (Å²) >= 11 is 7.19. The molecule has 2 aromatic carbocycles. The van der Waals surface area contributed by atoms with Crippen LogP contribution in [0.4, 0.5) is 0 Å². The number of carboxylic acid groups (broad SMARTS) is 1. The minimum atomic E-state index is -0.987. The summed E-state index contributed by atoms with van der Waals surface area (Å²) in [6, 6.07) is 12.3. The molecule has 0 aliphatic carbocycles. The van der Waals surface area contributed by atoms with Crippen molar-refractivity contribution in [3.63, 3.8) is 0 Å². The van der Waals surface area contributed by atoms with Gasteiger partial charge < -0.3 is 9.84 Å². The van der Waals surface area contributed by atoms with Crippen LogP contribution in [-0.2, 0) is 0 Å². The third kappa shape index (κ3) is 3.43. The lowest BCUT2D eigenvalue weighted by Gasteiger charge is -2.07. The molecule has 0 radical (unpaired) electrons. The van der Waals surface area contributed by atoms with Gasteiger partial charge in [-0.15, -0.1) is 0 Å². The number of aromatic carboxylic acids is 1. The Hall–Kier alpha value is -1.65. The summed E-state index contributed by atoms with van der Waals surface area (Å²) in [6.07, 6.45) is 0. The molecule has 19 heavy (non-hydrogen) atoms. The van der Waals surface area contributed by atoms with Gasteiger partial charge in [0, 0.05) is 14.8 Å². The predicted molar refractivity (Wildman–Crippen MR) is 75.5 cm³/mol. The van der Waals surface area contributed by atoms with Crippen LogP contribution in [0.25, 0.3) is 0 Å². The third-order valence-corrected chi connectivity index (χ3v) is 3.78. The summed E-state index contributed by atoms with van der Waals surface area (Å²) in [7, 11) is 1.60. The zero-order valence-corrected chi connectivity index (χ0v) is 11.7. The van der Waals surface area contributed by atoms with E-state index in [1.807, 2.05) is 24.3 Å². The predicted octanol–water partition coefficient (Wildman–Crippen LogP) is 4.20. The first-order chi connectivity index (χ1) is 9.10. The van der Waals surface area contributed by atoms with Crippen molar-refractivity contribution in [3.05, 3.63) is 53.1 Å². The van der Waals surface area contributed by atoms with Crippen molar-refractivity contribution in [1.82, 2.24) is 0 Å². The molecule has 2 aromatic rings. The Morgan fingerprint density at radius 3 is 2.47 bits per heavy atom. The van der Waals surface area contributed by atoms with Crippen LogP contribution in [0.3, 0.4) is 0 Å². The zero-order valence-electron chi connectivity index (χ0n) is 10.1. The molecule has 2 rings (SSSR count). The number of benzene rings is 2. The van der Waals surface area contributed by atoms with E-state index in [2.05, 4.69) is 0 Å². The third-order valence-electron chi connectivity index (χ3n) is 2.46. The number of carbonyl (C=O) groups is 1. The molecule has 0 spiro atoms. The van der Waals surface area contributed by atoms with Crippen LogP contribution in [0.15, 0.2) is 52.3 Å². The van der Waals surface area contributed by atoms with Crippen LogP contribution in [0, 0.1) is 0 Å². The van der Waals surface area contributed by atoms with Gasteiger partial charge in [-0.3, -0.25) is 0 Å². The van der Waals surface area contributed by atoms with Crippen molar-refractivity contribution < 1.29 is 14.6 Å². The minimum absolute atomic E-state index is 0.202. The number of methoxy groups -OCH3 is 1. The standard InChI is InChI=1S/C14H11ClO3S/c1-18-10-3-5-11(6-4-10)19-13-7-2-9(15)8-12(13)14(16)17/h2-8H,1H3,(H,16,17). The van der Waals surface area contributed by atoms with Crippen molar-refractivity contribution in [2.45, 2.75) is 9.79 Å². The second-order valence-corrected chi connectivity index (χ2v) is 5.28. The average Bonchev–Trinajstić information content (AvgIpc) is 2.41. The largest absolute Gasteiger partial charge is 0.497 e. The highest BCUT2D eigenvalue weighted by Gasteiger charge is 2.11. The second-order valence-electron chi connectivity index (χ2n) is 3.72. The maximum Gasteiger partial charge on any atom is 0.336 e.